The Morgan fingerprint density at radius 2 is 1.96 bits per heavy atom. The van der Waals surface area contributed by atoms with Gasteiger partial charge in [-0.05, 0) is 30.2 Å². The third-order valence-corrected chi connectivity index (χ3v) is 4.67. The highest BCUT2D eigenvalue weighted by atomic mass is 79.9. The van der Waals surface area contributed by atoms with Gasteiger partial charge in [0.15, 0.2) is 0 Å². The van der Waals surface area contributed by atoms with Gasteiger partial charge < -0.3 is 14.6 Å². The first kappa shape index (κ1) is 15.7. The Hall–Kier alpha value is -2.15. The van der Waals surface area contributed by atoms with Gasteiger partial charge in [-0.2, -0.15) is 0 Å². The van der Waals surface area contributed by atoms with E-state index in [1.165, 1.54) is 0 Å². The quantitative estimate of drug-likeness (QED) is 0.890. The number of carbonyl (C=O) groups excluding carboxylic acids is 1. The predicted octanol–water partition coefficient (Wildman–Crippen LogP) is 2.43. The Balaban J connectivity index is 1.77. The van der Waals surface area contributed by atoms with Gasteiger partial charge >= 0.3 is 5.97 Å². The fraction of sp³-hybridized carbons (Fsp3) is 0.312. The van der Waals surface area contributed by atoms with Gasteiger partial charge in [-0.3, -0.25) is 9.59 Å². The Kier molecular flexibility index (Phi) is 4.21. The summed E-state index contributed by atoms with van der Waals surface area (Å²) in [6, 6.07) is 7.66. The lowest BCUT2D eigenvalue weighted by atomic mass is 9.99. The molecule has 0 saturated carbocycles. The highest BCUT2D eigenvalue weighted by Crippen LogP contribution is 2.24. The normalized spacial score (nSPS) is 20.7. The summed E-state index contributed by atoms with van der Waals surface area (Å²) in [6.07, 6.45) is 3.26. The molecule has 2 heterocycles. The van der Waals surface area contributed by atoms with Crippen LogP contribution in [0.2, 0.25) is 0 Å². The minimum atomic E-state index is -0.854. The number of aliphatic carboxylic acids is 1. The van der Waals surface area contributed by atoms with Gasteiger partial charge in [-0.25, -0.2) is 4.98 Å². The average molecular weight is 378 g/mol. The molecule has 23 heavy (non-hydrogen) atoms. The molecule has 1 aromatic carbocycles. The van der Waals surface area contributed by atoms with Gasteiger partial charge in [0, 0.05) is 29.4 Å². The molecule has 0 radical (unpaired) electrons. The molecular weight excluding hydrogens is 362 g/mol. The first-order chi connectivity index (χ1) is 11.0. The van der Waals surface area contributed by atoms with E-state index in [4.69, 9.17) is 5.11 Å². The lowest BCUT2D eigenvalue weighted by molar-refractivity contribution is -0.142. The van der Waals surface area contributed by atoms with Crippen LogP contribution in [-0.4, -0.2) is 44.5 Å². The van der Waals surface area contributed by atoms with Crippen molar-refractivity contribution in [3.05, 3.63) is 47.0 Å². The van der Waals surface area contributed by atoms with E-state index in [2.05, 4.69) is 20.9 Å². The van der Waals surface area contributed by atoms with E-state index in [0.29, 0.717) is 12.2 Å². The standard InChI is InChI=1S/C16H16BrN3O3/c1-10-6-19(7-13(10)16(22)23)15(21)14-8-20(9-18-14)12-4-2-11(17)3-5-12/h2-5,8-10,13H,6-7H2,1H3,(H,22,23)/t10-,13-/m1/s1. The molecule has 3 rings (SSSR count). The number of carbonyl (C=O) groups is 2. The number of amides is 1. The molecule has 1 amide bonds. The fourth-order valence-electron chi connectivity index (χ4n) is 2.80. The van der Waals surface area contributed by atoms with E-state index in [-0.39, 0.29) is 18.4 Å². The Labute approximate surface area is 141 Å². The minimum Gasteiger partial charge on any atom is -0.481 e. The summed E-state index contributed by atoms with van der Waals surface area (Å²) in [4.78, 5) is 29.4. The summed E-state index contributed by atoms with van der Waals surface area (Å²) in [5.74, 6) is -1.64. The number of nitrogens with zero attached hydrogens (tertiary/aromatic N) is 3. The molecule has 0 unspecified atom stereocenters. The van der Waals surface area contributed by atoms with Crippen LogP contribution in [0.1, 0.15) is 17.4 Å². The van der Waals surface area contributed by atoms with Crippen molar-refractivity contribution in [2.75, 3.05) is 13.1 Å². The van der Waals surface area contributed by atoms with E-state index in [9.17, 15) is 9.59 Å². The number of carboxylic acid groups (broad SMARTS) is 1. The molecule has 0 spiro atoms. The summed E-state index contributed by atoms with van der Waals surface area (Å²) in [7, 11) is 0. The number of benzene rings is 1. The van der Waals surface area contributed by atoms with Gasteiger partial charge in [-0.1, -0.05) is 22.9 Å². The number of carboxylic acids is 1. The number of rotatable bonds is 3. The predicted molar refractivity (Wildman–Crippen MR) is 87.5 cm³/mol. The van der Waals surface area contributed by atoms with Crippen molar-refractivity contribution in [3.63, 3.8) is 0 Å². The lowest BCUT2D eigenvalue weighted by Gasteiger charge is -2.13. The average Bonchev–Trinajstić information content (AvgIpc) is 3.14. The fourth-order valence-corrected chi connectivity index (χ4v) is 3.07. The highest BCUT2D eigenvalue weighted by molar-refractivity contribution is 9.10. The van der Waals surface area contributed by atoms with Crippen LogP contribution in [0.3, 0.4) is 0 Å². The maximum Gasteiger partial charge on any atom is 0.308 e. The molecule has 2 aromatic rings. The van der Waals surface area contributed by atoms with E-state index < -0.39 is 11.9 Å². The molecule has 1 saturated heterocycles. The van der Waals surface area contributed by atoms with Crippen molar-refractivity contribution in [1.82, 2.24) is 14.5 Å². The SMILES string of the molecule is C[C@@H]1CN(C(=O)c2cn(-c3ccc(Br)cc3)cn2)C[C@H]1C(=O)O. The number of likely N-dealkylation sites (tertiary alicyclic amines) is 1. The summed E-state index contributed by atoms with van der Waals surface area (Å²) in [6.45, 7) is 2.54. The third kappa shape index (κ3) is 3.14. The van der Waals surface area contributed by atoms with Gasteiger partial charge in [0.05, 0.1) is 5.92 Å². The van der Waals surface area contributed by atoms with E-state index in [0.717, 1.165) is 10.2 Å². The number of hydrogen-bond donors (Lipinski definition) is 1. The Bertz CT molecular complexity index is 741. The first-order valence-corrected chi connectivity index (χ1v) is 8.07. The van der Waals surface area contributed by atoms with Crippen molar-refractivity contribution < 1.29 is 14.7 Å². The zero-order valence-corrected chi connectivity index (χ0v) is 14.1. The van der Waals surface area contributed by atoms with Crippen LogP contribution in [0.4, 0.5) is 0 Å². The molecule has 6 nitrogen and oxygen atoms in total. The van der Waals surface area contributed by atoms with Crippen LogP contribution >= 0.6 is 15.9 Å². The number of hydrogen-bond acceptors (Lipinski definition) is 3. The third-order valence-electron chi connectivity index (χ3n) is 4.14. The van der Waals surface area contributed by atoms with Crippen LogP contribution in [0, 0.1) is 11.8 Å². The number of halogens is 1. The Morgan fingerprint density at radius 3 is 2.57 bits per heavy atom. The van der Waals surface area contributed by atoms with Crippen molar-refractivity contribution in [1.29, 1.82) is 0 Å². The van der Waals surface area contributed by atoms with Gasteiger partial charge in [0.25, 0.3) is 5.91 Å². The van der Waals surface area contributed by atoms with Crippen LogP contribution in [0.5, 0.6) is 0 Å². The first-order valence-electron chi connectivity index (χ1n) is 7.27. The molecule has 2 atom stereocenters. The molecule has 1 aliphatic rings. The van der Waals surface area contributed by atoms with Crippen molar-refractivity contribution in [2.24, 2.45) is 11.8 Å². The van der Waals surface area contributed by atoms with Crippen molar-refractivity contribution >= 4 is 27.8 Å². The monoisotopic (exact) mass is 377 g/mol. The maximum atomic E-state index is 12.5. The maximum absolute atomic E-state index is 12.5. The molecule has 1 aromatic heterocycles. The molecule has 0 aliphatic carbocycles. The van der Waals surface area contributed by atoms with E-state index >= 15 is 0 Å². The highest BCUT2D eigenvalue weighted by Gasteiger charge is 2.37. The molecular formula is C16H16BrN3O3. The van der Waals surface area contributed by atoms with Crippen molar-refractivity contribution in [3.8, 4) is 5.69 Å². The molecule has 120 valence electrons. The summed E-state index contributed by atoms with van der Waals surface area (Å²) < 4.78 is 2.75. The smallest absolute Gasteiger partial charge is 0.308 e. The minimum absolute atomic E-state index is 0.0509. The zero-order valence-electron chi connectivity index (χ0n) is 12.5. The molecule has 1 fully saturated rings. The van der Waals surface area contributed by atoms with Gasteiger partial charge in [0.1, 0.15) is 12.0 Å². The van der Waals surface area contributed by atoms with Gasteiger partial charge in [-0.15, -0.1) is 0 Å². The number of aromatic nitrogens is 2. The summed E-state index contributed by atoms with van der Waals surface area (Å²) in [5.41, 5.74) is 1.23. The van der Waals surface area contributed by atoms with Crippen LogP contribution in [0.25, 0.3) is 5.69 Å². The molecule has 0 bridgehead atoms. The molecule has 7 heteroatoms. The second-order valence-corrected chi connectivity index (χ2v) is 6.69. The summed E-state index contributed by atoms with van der Waals surface area (Å²) in [5, 5.41) is 9.17. The largest absolute Gasteiger partial charge is 0.481 e. The molecule has 1 N–H and O–H groups in total. The van der Waals surface area contributed by atoms with Crippen LogP contribution in [0.15, 0.2) is 41.3 Å². The zero-order chi connectivity index (χ0) is 16.6. The topological polar surface area (TPSA) is 75.4 Å². The molecule has 1 aliphatic heterocycles. The number of imidazole rings is 1. The second-order valence-electron chi connectivity index (χ2n) is 5.77. The van der Waals surface area contributed by atoms with Crippen LogP contribution < -0.4 is 0 Å². The van der Waals surface area contributed by atoms with Crippen molar-refractivity contribution in [2.45, 2.75) is 6.92 Å². The van der Waals surface area contributed by atoms with Gasteiger partial charge in [0.2, 0.25) is 0 Å². The second kappa shape index (κ2) is 6.16. The Morgan fingerprint density at radius 1 is 1.26 bits per heavy atom. The van der Waals surface area contributed by atoms with E-state index in [1.54, 1.807) is 22.0 Å². The summed E-state index contributed by atoms with van der Waals surface area (Å²) >= 11 is 3.38. The van der Waals surface area contributed by atoms with E-state index in [1.807, 2.05) is 31.2 Å². The van der Waals surface area contributed by atoms with Crippen LogP contribution in [-0.2, 0) is 4.79 Å². The lowest BCUT2D eigenvalue weighted by Crippen LogP contribution is -2.30.